The van der Waals surface area contributed by atoms with E-state index in [0.29, 0.717) is 18.7 Å². The summed E-state index contributed by atoms with van der Waals surface area (Å²) in [5.74, 6) is -0.560. The van der Waals surface area contributed by atoms with E-state index in [-0.39, 0.29) is 23.3 Å². The average Bonchev–Trinajstić information content (AvgIpc) is 3.05. The van der Waals surface area contributed by atoms with Crippen molar-refractivity contribution < 1.29 is 14.3 Å². The normalized spacial score (nSPS) is 10.8. The zero-order valence-electron chi connectivity index (χ0n) is 15.6. The first-order chi connectivity index (χ1) is 13.0. The number of carbonyl (C=O) groups excluding carboxylic acids is 2. The standard InChI is InChI=1S/C20H22N4O3/c1-13-7-8-14(2)15(12-13)22-19(25)17-16-6-4-5-10-24(16)18(23-17)20(26)21-9-11-27-3/h4-8,10,12H,9,11H2,1-3H3,(H,21,26)(H,22,25). The molecule has 0 aliphatic rings. The predicted molar refractivity (Wildman–Crippen MR) is 103 cm³/mol. The van der Waals surface area contributed by atoms with Crippen molar-refractivity contribution in [3.8, 4) is 0 Å². The lowest BCUT2D eigenvalue weighted by Crippen LogP contribution is -2.28. The summed E-state index contributed by atoms with van der Waals surface area (Å²) in [4.78, 5) is 29.6. The van der Waals surface area contributed by atoms with Gasteiger partial charge in [0.25, 0.3) is 11.8 Å². The van der Waals surface area contributed by atoms with E-state index < -0.39 is 0 Å². The van der Waals surface area contributed by atoms with E-state index in [1.807, 2.05) is 32.0 Å². The molecule has 140 valence electrons. The zero-order valence-corrected chi connectivity index (χ0v) is 15.6. The Bertz CT molecular complexity index is 994. The number of nitrogens with one attached hydrogen (secondary N) is 2. The molecule has 7 nitrogen and oxygen atoms in total. The molecule has 0 unspecified atom stereocenters. The topological polar surface area (TPSA) is 84.7 Å². The molecule has 1 aromatic carbocycles. The van der Waals surface area contributed by atoms with Crippen LogP contribution in [-0.2, 0) is 4.74 Å². The summed E-state index contributed by atoms with van der Waals surface area (Å²) in [6.45, 7) is 4.65. The van der Waals surface area contributed by atoms with Crippen molar-refractivity contribution >= 4 is 23.0 Å². The molecule has 2 N–H and O–H groups in total. The van der Waals surface area contributed by atoms with Crippen LogP contribution in [0.5, 0.6) is 0 Å². The Kier molecular flexibility index (Phi) is 5.52. The molecule has 2 aromatic heterocycles. The van der Waals surface area contributed by atoms with Crippen LogP contribution in [0.25, 0.3) is 5.52 Å². The Morgan fingerprint density at radius 1 is 1.15 bits per heavy atom. The van der Waals surface area contributed by atoms with Crippen molar-refractivity contribution in [2.75, 3.05) is 25.6 Å². The molecule has 3 rings (SSSR count). The molecule has 2 amide bonds. The minimum Gasteiger partial charge on any atom is -0.383 e. The number of benzene rings is 1. The van der Waals surface area contributed by atoms with Crippen molar-refractivity contribution in [2.24, 2.45) is 0 Å². The molecule has 0 fully saturated rings. The van der Waals surface area contributed by atoms with E-state index in [2.05, 4.69) is 15.6 Å². The third-order valence-corrected chi connectivity index (χ3v) is 4.20. The lowest BCUT2D eigenvalue weighted by Gasteiger charge is -2.08. The van der Waals surface area contributed by atoms with E-state index in [1.54, 1.807) is 35.9 Å². The summed E-state index contributed by atoms with van der Waals surface area (Å²) in [6, 6.07) is 11.2. The number of amides is 2. The largest absolute Gasteiger partial charge is 0.383 e. The zero-order chi connectivity index (χ0) is 19.4. The fourth-order valence-electron chi connectivity index (χ4n) is 2.76. The molecular weight excluding hydrogens is 344 g/mol. The monoisotopic (exact) mass is 366 g/mol. The van der Waals surface area contributed by atoms with Crippen LogP contribution < -0.4 is 10.6 Å². The van der Waals surface area contributed by atoms with Crippen LogP contribution in [0.3, 0.4) is 0 Å². The number of hydrogen-bond donors (Lipinski definition) is 2. The van der Waals surface area contributed by atoms with Gasteiger partial charge in [0.2, 0.25) is 5.82 Å². The van der Waals surface area contributed by atoms with Crippen molar-refractivity contribution in [1.82, 2.24) is 14.7 Å². The lowest BCUT2D eigenvalue weighted by molar-refractivity contribution is 0.0926. The number of rotatable bonds is 6. The van der Waals surface area contributed by atoms with Crippen LogP contribution in [0.4, 0.5) is 5.69 Å². The minimum atomic E-state index is -0.362. The fraction of sp³-hybridized carbons (Fsp3) is 0.250. The third kappa shape index (κ3) is 3.98. The summed E-state index contributed by atoms with van der Waals surface area (Å²) in [7, 11) is 1.56. The number of fused-ring (bicyclic) bond motifs is 1. The lowest BCUT2D eigenvalue weighted by atomic mass is 10.1. The molecule has 27 heavy (non-hydrogen) atoms. The Morgan fingerprint density at radius 2 is 1.96 bits per heavy atom. The van der Waals surface area contributed by atoms with Gasteiger partial charge in [-0.15, -0.1) is 0 Å². The van der Waals surface area contributed by atoms with Gasteiger partial charge < -0.3 is 15.4 Å². The number of aryl methyl sites for hydroxylation is 2. The second-order valence-corrected chi connectivity index (χ2v) is 6.26. The first-order valence-corrected chi connectivity index (χ1v) is 8.64. The summed E-state index contributed by atoms with van der Waals surface area (Å²) in [5.41, 5.74) is 3.49. The summed E-state index contributed by atoms with van der Waals surface area (Å²) < 4.78 is 6.55. The molecule has 7 heteroatoms. The van der Waals surface area contributed by atoms with Gasteiger partial charge in [-0.25, -0.2) is 4.98 Å². The highest BCUT2D eigenvalue weighted by atomic mass is 16.5. The number of aromatic nitrogens is 2. The van der Waals surface area contributed by atoms with E-state index >= 15 is 0 Å². The van der Waals surface area contributed by atoms with Gasteiger partial charge in [-0.05, 0) is 43.2 Å². The predicted octanol–water partition coefficient (Wildman–Crippen LogP) is 2.58. The Morgan fingerprint density at radius 3 is 2.74 bits per heavy atom. The van der Waals surface area contributed by atoms with Crippen molar-refractivity contribution in [1.29, 1.82) is 0 Å². The number of hydrogen-bond acceptors (Lipinski definition) is 4. The molecule has 0 aliphatic carbocycles. The van der Waals surface area contributed by atoms with Crippen LogP contribution in [0, 0.1) is 13.8 Å². The van der Waals surface area contributed by atoms with Crippen LogP contribution in [0.1, 0.15) is 32.2 Å². The van der Waals surface area contributed by atoms with Gasteiger partial charge in [0, 0.05) is 25.5 Å². The summed E-state index contributed by atoms with van der Waals surface area (Å²) in [6.07, 6.45) is 1.71. The SMILES string of the molecule is COCCNC(=O)c1nc(C(=O)Nc2cc(C)ccc2C)c2ccccn12. The molecule has 0 radical (unpaired) electrons. The summed E-state index contributed by atoms with van der Waals surface area (Å²) in [5, 5.41) is 5.63. The quantitative estimate of drug-likeness (QED) is 0.657. The Balaban J connectivity index is 1.93. The second-order valence-electron chi connectivity index (χ2n) is 6.26. The minimum absolute atomic E-state index is 0.160. The van der Waals surface area contributed by atoms with Gasteiger partial charge >= 0.3 is 0 Å². The molecule has 0 saturated carbocycles. The van der Waals surface area contributed by atoms with Gasteiger partial charge in [-0.2, -0.15) is 0 Å². The highest BCUT2D eigenvalue weighted by Crippen LogP contribution is 2.19. The molecular formula is C20H22N4O3. The number of nitrogens with zero attached hydrogens (tertiary/aromatic N) is 2. The van der Waals surface area contributed by atoms with E-state index in [1.165, 1.54) is 0 Å². The van der Waals surface area contributed by atoms with E-state index in [4.69, 9.17) is 4.74 Å². The molecule has 0 spiro atoms. The van der Waals surface area contributed by atoms with Crippen molar-refractivity contribution in [3.63, 3.8) is 0 Å². The van der Waals surface area contributed by atoms with Gasteiger partial charge in [0.1, 0.15) is 0 Å². The second kappa shape index (κ2) is 8.01. The molecule has 0 atom stereocenters. The molecule has 3 aromatic rings. The maximum Gasteiger partial charge on any atom is 0.287 e. The highest BCUT2D eigenvalue weighted by Gasteiger charge is 2.21. The number of ether oxygens (including phenoxy) is 1. The Hall–Kier alpha value is -3.19. The van der Waals surface area contributed by atoms with Gasteiger partial charge in [-0.1, -0.05) is 18.2 Å². The van der Waals surface area contributed by atoms with Gasteiger partial charge in [-0.3, -0.25) is 14.0 Å². The van der Waals surface area contributed by atoms with E-state index in [0.717, 1.165) is 16.8 Å². The van der Waals surface area contributed by atoms with Crippen LogP contribution in [-0.4, -0.2) is 41.5 Å². The molecule has 0 bridgehead atoms. The third-order valence-electron chi connectivity index (χ3n) is 4.20. The van der Waals surface area contributed by atoms with Crippen molar-refractivity contribution in [3.05, 3.63) is 65.2 Å². The Labute approximate surface area is 157 Å². The smallest absolute Gasteiger partial charge is 0.287 e. The number of methoxy groups -OCH3 is 1. The maximum absolute atomic E-state index is 12.8. The molecule has 0 saturated heterocycles. The van der Waals surface area contributed by atoms with Crippen LogP contribution >= 0.6 is 0 Å². The van der Waals surface area contributed by atoms with E-state index in [9.17, 15) is 9.59 Å². The fourth-order valence-corrected chi connectivity index (χ4v) is 2.76. The molecule has 0 aliphatic heterocycles. The van der Waals surface area contributed by atoms with Crippen molar-refractivity contribution in [2.45, 2.75) is 13.8 Å². The van der Waals surface area contributed by atoms with Crippen LogP contribution in [0.2, 0.25) is 0 Å². The summed E-state index contributed by atoms with van der Waals surface area (Å²) >= 11 is 0. The maximum atomic E-state index is 12.8. The highest BCUT2D eigenvalue weighted by molar-refractivity contribution is 6.09. The number of carbonyl (C=O) groups is 2. The number of pyridine rings is 1. The van der Waals surface area contributed by atoms with Gasteiger partial charge in [0.15, 0.2) is 5.69 Å². The number of anilines is 1. The number of imidazole rings is 1. The van der Waals surface area contributed by atoms with Gasteiger partial charge in [0.05, 0.1) is 12.1 Å². The average molecular weight is 366 g/mol. The van der Waals surface area contributed by atoms with Crippen LogP contribution in [0.15, 0.2) is 42.6 Å². The molecule has 2 heterocycles. The first-order valence-electron chi connectivity index (χ1n) is 8.64. The first kappa shape index (κ1) is 18.6.